The first-order valence-electron chi connectivity index (χ1n) is 4.97. The van der Waals surface area contributed by atoms with Crippen molar-refractivity contribution in [3.05, 3.63) is 5.82 Å². The van der Waals surface area contributed by atoms with Gasteiger partial charge in [-0.3, -0.25) is 4.57 Å². The van der Waals surface area contributed by atoms with Crippen LogP contribution >= 0.6 is 0 Å². The van der Waals surface area contributed by atoms with Crippen molar-refractivity contribution in [2.75, 3.05) is 11.9 Å². The lowest BCUT2D eigenvalue weighted by molar-refractivity contribution is 0.480. The Kier molecular flexibility index (Phi) is 3.10. The van der Waals surface area contributed by atoms with Crippen LogP contribution in [-0.2, 0) is 12.1 Å². The van der Waals surface area contributed by atoms with Gasteiger partial charge in [-0.2, -0.15) is 0 Å². The van der Waals surface area contributed by atoms with E-state index in [-0.39, 0.29) is 0 Å². The number of hydrogen-bond acceptors (Lipinski definition) is 4. The van der Waals surface area contributed by atoms with Gasteiger partial charge in [-0.25, -0.2) is 0 Å². The molecule has 1 aromatic heterocycles. The van der Waals surface area contributed by atoms with E-state index in [9.17, 15) is 0 Å². The van der Waals surface area contributed by atoms with Gasteiger partial charge in [0.15, 0.2) is 5.82 Å². The summed E-state index contributed by atoms with van der Waals surface area (Å²) in [6, 6.07) is 0. The van der Waals surface area contributed by atoms with Gasteiger partial charge >= 0.3 is 0 Å². The van der Waals surface area contributed by atoms with Crippen molar-refractivity contribution >= 4 is 5.95 Å². The minimum Gasteiger partial charge on any atom is -0.355 e. The summed E-state index contributed by atoms with van der Waals surface area (Å²) in [6.07, 6.45) is 0. The SMILES string of the molecule is CCNc1nnc(C(C)(C)N)n1CC. The van der Waals surface area contributed by atoms with E-state index in [4.69, 9.17) is 5.73 Å². The van der Waals surface area contributed by atoms with Crippen LogP contribution in [0.15, 0.2) is 0 Å². The molecule has 0 radical (unpaired) electrons. The summed E-state index contributed by atoms with van der Waals surface area (Å²) in [6.45, 7) is 9.60. The second kappa shape index (κ2) is 3.96. The summed E-state index contributed by atoms with van der Waals surface area (Å²) in [5.74, 6) is 1.61. The molecule has 0 amide bonds. The molecule has 0 saturated carbocycles. The molecule has 0 aliphatic heterocycles. The van der Waals surface area contributed by atoms with Crippen molar-refractivity contribution < 1.29 is 0 Å². The molecule has 0 unspecified atom stereocenters. The standard InChI is InChI=1S/C9H19N5/c1-5-11-8-13-12-7(9(3,4)10)14(8)6-2/h5-6,10H2,1-4H3,(H,11,13). The maximum atomic E-state index is 5.99. The van der Waals surface area contributed by atoms with Gasteiger partial charge in [-0.15, -0.1) is 10.2 Å². The van der Waals surface area contributed by atoms with E-state index in [1.807, 2.05) is 25.3 Å². The Balaban J connectivity index is 3.07. The van der Waals surface area contributed by atoms with E-state index in [0.29, 0.717) is 0 Å². The number of aromatic nitrogens is 3. The minimum absolute atomic E-state index is 0.448. The number of rotatable bonds is 4. The Labute approximate surface area is 84.7 Å². The quantitative estimate of drug-likeness (QED) is 0.753. The molecule has 5 heteroatoms. The molecule has 1 heterocycles. The number of anilines is 1. The third kappa shape index (κ3) is 2.04. The molecule has 3 N–H and O–H groups in total. The van der Waals surface area contributed by atoms with Gasteiger partial charge in [0, 0.05) is 13.1 Å². The van der Waals surface area contributed by atoms with Crippen molar-refractivity contribution in [1.82, 2.24) is 14.8 Å². The fourth-order valence-electron chi connectivity index (χ4n) is 1.37. The lowest BCUT2D eigenvalue weighted by atomic mass is 10.1. The van der Waals surface area contributed by atoms with Gasteiger partial charge in [-0.1, -0.05) is 0 Å². The van der Waals surface area contributed by atoms with Crippen LogP contribution in [0.25, 0.3) is 0 Å². The summed E-state index contributed by atoms with van der Waals surface area (Å²) < 4.78 is 2.00. The number of nitrogens with one attached hydrogen (secondary N) is 1. The Bertz CT molecular complexity index is 297. The first kappa shape index (κ1) is 11.0. The van der Waals surface area contributed by atoms with Crippen molar-refractivity contribution in [1.29, 1.82) is 0 Å². The van der Waals surface area contributed by atoms with E-state index in [1.54, 1.807) is 0 Å². The highest BCUT2D eigenvalue weighted by atomic mass is 15.4. The van der Waals surface area contributed by atoms with Gasteiger partial charge < -0.3 is 11.1 Å². The van der Waals surface area contributed by atoms with Crippen LogP contribution in [0.3, 0.4) is 0 Å². The van der Waals surface area contributed by atoms with Crippen LogP contribution in [0.5, 0.6) is 0 Å². The summed E-state index contributed by atoms with van der Waals surface area (Å²) in [5.41, 5.74) is 5.54. The monoisotopic (exact) mass is 197 g/mol. The summed E-state index contributed by atoms with van der Waals surface area (Å²) in [7, 11) is 0. The molecular weight excluding hydrogens is 178 g/mol. The molecule has 0 fully saturated rings. The Morgan fingerprint density at radius 1 is 1.36 bits per heavy atom. The van der Waals surface area contributed by atoms with Crippen molar-refractivity contribution in [2.24, 2.45) is 5.73 Å². The molecule has 1 rings (SSSR count). The summed E-state index contributed by atoms with van der Waals surface area (Å²) in [5, 5.41) is 11.3. The normalized spacial score (nSPS) is 11.8. The molecule has 14 heavy (non-hydrogen) atoms. The third-order valence-corrected chi connectivity index (χ3v) is 1.98. The fraction of sp³-hybridized carbons (Fsp3) is 0.778. The smallest absolute Gasteiger partial charge is 0.224 e. The molecule has 5 nitrogen and oxygen atoms in total. The Hall–Kier alpha value is -1.10. The molecule has 0 atom stereocenters. The molecule has 0 aliphatic carbocycles. The van der Waals surface area contributed by atoms with Gasteiger partial charge in [0.2, 0.25) is 5.95 Å². The van der Waals surface area contributed by atoms with Crippen LogP contribution in [0, 0.1) is 0 Å². The van der Waals surface area contributed by atoms with Gasteiger partial charge in [0.05, 0.1) is 5.54 Å². The highest BCUT2D eigenvalue weighted by molar-refractivity contribution is 5.27. The zero-order chi connectivity index (χ0) is 10.8. The zero-order valence-corrected chi connectivity index (χ0v) is 9.33. The van der Waals surface area contributed by atoms with E-state index in [2.05, 4.69) is 22.4 Å². The van der Waals surface area contributed by atoms with Crippen LogP contribution < -0.4 is 11.1 Å². The van der Waals surface area contributed by atoms with Crippen molar-refractivity contribution in [3.63, 3.8) is 0 Å². The molecule has 1 aromatic rings. The number of nitrogens with zero attached hydrogens (tertiary/aromatic N) is 3. The maximum Gasteiger partial charge on any atom is 0.224 e. The largest absolute Gasteiger partial charge is 0.355 e. The predicted molar refractivity (Wildman–Crippen MR) is 57.1 cm³/mol. The van der Waals surface area contributed by atoms with Crippen LogP contribution in [-0.4, -0.2) is 21.3 Å². The van der Waals surface area contributed by atoms with E-state index in [0.717, 1.165) is 24.9 Å². The number of nitrogens with two attached hydrogens (primary N) is 1. The third-order valence-electron chi connectivity index (χ3n) is 1.98. The first-order valence-corrected chi connectivity index (χ1v) is 4.97. The van der Waals surface area contributed by atoms with E-state index in [1.165, 1.54) is 0 Å². The second-order valence-corrected chi connectivity index (χ2v) is 3.84. The summed E-state index contributed by atoms with van der Waals surface area (Å²) >= 11 is 0. The van der Waals surface area contributed by atoms with Crippen molar-refractivity contribution in [3.8, 4) is 0 Å². The average molecular weight is 197 g/mol. The summed E-state index contributed by atoms with van der Waals surface area (Å²) in [4.78, 5) is 0. The Morgan fingerprint density at radius 2 is 2.00 bits per heavy atom. The van der Waals surface area contributed by atoms with Crippen LogP contribution in [0.1, 0.15) is 33.5 Å². The predicted octanol–water partition coefficient (Wildman–Crippen LogP) is 0.924. The maximum absolute atomic E-state index is 5.99. The molecule has 80 valence electrons. The minimum atomic E-state index is -0.448. The van der Waals surface area contributed by atoms with Gasteiger partial charge in [-0.05, 0) is 27.7 Å². The zero-order valence-electron chi connectivity index (χ0n) is 9.33. The molecule has 0 aromatic carbocycles. The lowest BCUT2D eigenvalue weighted by Gasteiger charge is -2.18. The van der Waals surface area contributed by atoms with Crippen molar-refractivity contribution in [2.45, 2.75) is 39.8 Å². The molecule has 0 saturated heterocycles. The first-order chi connectivity index (χ1) is 6.50. The average Bonchev–Trinajstić information content (AvgIpc) is 2.47. The topological polar surface area (TPSA) is 68.8 Å². The molecule has 0 aliphatic rings. The number of hydrogen-bond donors (Lipinski definition) is 2. The molecule has 0 spiro atoms. The fourth-order valence-corrected chi connectivity index (χ4v) is 1.37. The molecule has 0 bridgehead atoms. The highest BCUT2D eigenvalue weighted by Crippen LogP contribution is 2.17. The highest BCUT2D eigenvalue weighted by Gasteiger charge is 2.23. The second-order valence-electron chi connectivity index (χ2n) is 3.84. The van der Waals surface area contributed by atoms with Crippen LogP contribution in [0.2, 0.25) is 0 Å². The van der Waals surface area contributed by atoms with E-state index >= 15 is 0 Å². The molecular formula is C9H19N5. The Morgan fingerprint density at radius 3 is 2.43 bits per heavy atom. The van der Waals surface area contributed by atoms with Gasteiger partial charge in [0.1, 0.15) is 0 Å². The van der Waals surface area contributed by atoms with Crippen LogP contribution in [0.4, 0.5) is 5.95 Å². The lowest BCUT2D eigenvalue weighted by Crippen LogP contribution is -2.32. The van der Waals surface area contributed by atoms with Gasteiger partial charge in [0.25, 0.3) is 0 Å². The van der Waals surface area contributed by atoms with E-state index < -0.39 is 5.54 Å².